The summed E-state index contributed by atoms with van der Waals surface area (Å²) in [6.07, 6.45) is 8.85. The number of hydrogen-bond donors (Lipinski definition) is 1. The van der Waals surface area contributed by atoms with Crippen LogP contribution >= 0.6 is 0 Å². The molecule has 4 heterocycles. The van der Waals surface area contributed by atoms with Crippen molar-refractivity contribution in [2.45, 2.75) is 57.5 Å². The van der Waals surface area contributed by atoms with Gasteiger partial charge in [-0.2, -0.15) is 0 Å². The van der Waals surface area contributed by atoms with Gasteiger partial charge >= 0.3 is 0 Å². The summed E-state index contributed by atoms with van der Waals surface area (Å²) in [5.41, 5.74) is 0.678. The first-order chi connectivity index (χ1) is 14.1. The molecule has 0 bridgehead atoms. The van der Waals surface area contributed by atoms with Crippen molar-refractivity contribution in [1.82, 2.24) is 20.1 Å². The molecule has 3 saturated heterocycles. The van der Waals surface area contributed by atoms with Gasteiger partial charge in [0.15, 0.2) is 0 Å². The lowest BCUT2D eigenvalue weighted by Gasteiger charge is -2.41. The van der Waals surface area contributed by atoms with Gasteiger partial charge in [-0.15, -0.1) is 0 Å². The van der Waals surface area contributed by atoms with Crippen LogP contribution in [-0.4, -0.2) is 79.1 Å². The Morgan fingerprint density at radius 1 is 0.966 bits per heavy atom. The smallest absolute Gasteiger partial charge is 0.253 e. The number of carbonyl (C=O) groups excluding carboxylic acids is 1. The Bertz CT molecular complexity index is 654. The molecule has 0 spiro atoms. The van der Waals surface area contributed by atoms with Crippen LogP contribution in [0.2, 0.25) is 0 Å². The number of aromatic nitrogens is 1. The third kappa shape index (κ3) is 5.28. The Morgan fingerprint density at radius 3 is 2.28 bits per heavy atom. The van der Waals surface area contributed by atoms with Crippen molar-refractivity contribution in [3.05, 3.63) is 23.9 Å². The topological polar surface area (TPSA) is 51.7 Å². The quantitative estimate of drug-likeness (QED) is 0.843. The van der Waals surface area contributed by atoms with E-state index in [2.05, 4.69) is 39.0 Å². The summed E-state index contributed by atoms with van der Waals surface area (Å²) in [6, 6.07) is 4.96. The number of nitrogens with one attached hydrogen (secondary N) is 1. The Hall–Kier alpha value is -1.66. The molecule has 4 rings (SSSR count). The lowest BCUT2D eigenvalue weighted by molar-refractivity contribution is 0.0807. The molecule has 160 valence electrons. The molecule has 0 radical (unpaired) electrons. The Balaban J connectivity index is 1.23. The maximum absolute atomic E-state index is 12.7. The van der Waals surface area contributed by atoms with Gasteiger partial charge in [0.05, 0.1) is 5.56 Å². The minimum absolute atomic E-state index is 0.0223. The third-order valence-electron chi connectivity index (χ3n) is 7.19. The largest absolute Gasteiger partial charge is 0.357 e. The molecule has 1 aromatic heterocycles. The molecular formula is C23H37N5O. The van der Waals surface area contributed by atoms with Gasteiger partial charge in [-0.05, 0) is 76.7 Å². The van der Waals surface area contributed by atoms with Crippen molar-refractivity contribution in [3.63, 3.8) is 0 Å². The van der Waals surface area contributed by atoms with Crippen molar-refractivity contribution in [1.29, 1.82) is 0 Å². The molecule has 0 unspecified atom stereocenters. The summed E-state index contributed by atoms with van der Waals surface area (Å²) < 4.78 is 0. The first kappa shape index (κ1) is 20.6. The van der Waals surface area contributed by atoms with Gasteiger partial charge in [0, 0.05) is 44.5 Å². The van der Waals surface area contributed by atoms with Gasteiger partial charge in [0.25, 0.3) is 5.91 Å². The Kier molecular flexibility index (Phi) is 6.70. The predicted octanol–water partition coefficient (Wildman–Crippen LogP) is 2.61. The van der Waals surface area contributed by atoms with Gasteiger partial charge in [0.2, 0.25) is 0 Å². The normalized spacial score (nSPS) is 24.0. The van der Waals surface area contributed by atoms with Crippen molar-refractivity contribution in [3.8, 4) is 0 Å². The van der Waals surface area contributed by atoms with E-state index in [1.165, 1.54) is 38.8 Å². The first-order valence-electron chi connectivity index (χ1n) is 11.5. The van der Waals surface area contributed by atoms with Crippen LogP contribution < -0.4 is 10.2 Å². The number of hydrogen-bond acceptors (Lipinski definition) is 5. The first-order valence-corrected chi connectivity index (χ1v) is 11.5. The number of likely N-dealkylation sites (tertiary alicyclic amines) is 2. The molecule has 29 heavy (non-hydrogen) atoms. The van der Waals surface area contributed by atoms with Gasteiger partial charge in [0.1, 0.15) is 5.82 Å². The Morgan fingerprint density at radius 2 is 1.66 bits per heavy atom. The monoisotopic (exact) mass is 399 g/mol. The summed E-state index contributed by atoms with van der Waals surface area (Å²) in [5.74, 6) is 1.83. The molecule has 6 nitrogen and oxygen atoms in total. The number of amides is 1. The summed E-state index contributed by atoms with van der Waals surface area (Å²) in [6.45, 7) is 9.07. The molecule has 0 aromatic carbocycles. The minimum atomic E-state index is 0.0223. The second-order valence-corrected chi connectivity index (χ2v) is 9.39. The van der Waals surface area contributed by atoms with E-state index >= 15 is 0 Å². The highest BCUT2D eigenvalue weighted by molar-refractivity contribution is 5.94. The number of pyridine rings is 1. The van der Waals surface area contributed by atoms with Gasteiger partial charge < -0.3 is 20.0 Å². The van der Waals surface area contributed by atoms with Crippen LogP contribution in [0.15, 0.2) is 18.3 Å². The molecule has 0 atom stereocenters. The molecule has 3 aliphatic heterocycles. The second-order valence-electron chi connectivity index (χ2n) is 9.39. The maximum Gasteiger partial charge on any atom is 0.253 e. The fourth-order valence-corrected chi connectivity index (χ4v) is 4.98. The molecule has 3 aliphatic rings. The zero-order valence-electron chi connectivity index (χ0n) is 18.1. The van der Waals surface area contributed by atoms with Crippen LogP contribution in [0, 0.1) is 5.92 Å². The highest BCUT2D eigenvalue weighted by Crippen LogP contribution is 2.22. The molecule has 1 amide bonds. The standard InChI is InChI=1S/C23H37N5O/c1-18-5-13-28(14-6-18)22-4-3-19(17-24-22)23(29)25-20-7-15-27(16-8-20)21-9-11-26(2)12-10-21/h3-4,17-18,20-21H,5-16H2,1-2H3,(H,25,29). The highest BCUT2D eigenvalue weighted by Gasteiger charge is 2.28. The summed E-state index contributed by atoms with van der Waals surface area (Å²) in [5, 5.41) is 3.24. The fraction of sp³-hybridized carbons (Fsp3) is 0.739. The minimum Gasteiger partial charge on any atom is -0.357 e. The highest BCUT2D eigenvalue weighted by atomic mass is 16.1. The average Bonchev–Trinajstić information content (AvgIpc) is 2.76. The van der Waals surface area contributed by atoms with Crippen molar-refractivity contribution >= 4 is 11.7 Å². The van der Waals surface area contributed by atoms with Crippen molar-refractivity contribution < 1.29 is 4.79 Å². The van der Waals surface area contributed by atoms with E-state index in [1.54, 1.807) is 6.20 Å². The maximum atomic E-state index is 12.7. The van der Waals surface area contributed by atoms with E-state index in [-0.39, 0.29) is 11.9 Å². The fourth-order valence-electron chi connectivity index (χ4n) is 4.98. The van der Waals surface area contributed by atoms with Gasteiger partial charge in [-0.1, -0.05) is 6.92 Å². The van der Waals surface area contributed by atoms with E-state index in [0.29, 0.717) is 5.56 Å². The molecule has 1 N–H and O–H groups in total. The molecule has 3 fully saturated rings. The second kappa shape index (κ2) is 9.43. The van der Waals surface area contributed by atoms with E-state index in [1.807, 2.05) is 12.1 Å². The van der Waals surface area contributed by atoms with E-state index < -0.39 is 0 Å². The number of piperidine rings is 3. The van der Waals surface area contributed by atoms with E-state index in [0.717, 1.165) is 56.8 Å². The lowest BCUT2D eigenvalue weighted by atomic mass is 9.98. The van der Waals surface area contributed by atoms with Crippen molar-refractivity contribution in [2.75, 3.05) is 51.2 Å². The van der Waals surface area contributed by atoms with Crippen molar-refractivity contribution in [2.24, 2.45) is 5.92 Å². The van der Waals surface area contributed by atoms with E-state index in [9.17, 15) is 4.79 Å². The number of carbonyl (C=O) groups is 1. The number of anilines is 1. The zero-order chi connectivity index (χ0) is 20.2. The molecule has 0 saturated carbocycles. The molecule has 6 heteroatoms. The van der Waals surface area contributed by atoms with Crippen LogP contribution in [0.3, 0.4) is 0 Å². The van der Waals surface area contributed by atoms with Crippen LogP contribution in [0.25, 0.3) is 0 Å². The molecular weight excluding hydrogens is 362 g/mol. The summed E-state index contributed by atoms with van der Waals surface area (Å²) >= 11 is 0. The SMILES string of the molecule is CC1CCN(c2ccc(C(=O)NC3CCN(C4CCN(C)CC4)CC3)cn2)CC1. The summed E-state index contributed by atoms with van der Waals surface area (Å²) in [4.78, 5) is 24.7. The molecule has 0 aliphatic carbocycles. The van der Waals surface area contributed by atoms with Gasteiger partial charge in [-0.25, -0.2) is 4.98 Å². The van der Waals surface area contributed by atoms with Crippen LogP contribution in [0.5, 0.6) is 0 Å². The molecule has 1 aromatic rings. The van der Waals surface area contributed by atoms with Crippen LogP contribution in [0.1, 0.15) is 55.8 Å². The predicted molar refractivity (Wildman–Crippen MR) is 117 cm³/mol. The number of nitrogens with zero attached hydrogens (tertiary/aromatic N) is 4. The van der Waals surface area contributed by atoms with Crippen LogP contribution in [0.4, 0.5) is 5.82 Å². The average molecular weight is 400 g/mol. The van der Waals surface area contributed by atoms with Crippen LogP contribution in [-0.2, 0) is 0 Å². The number of rotatable bonds is 4. The lowest BCUT2D eigenvalue weighted by Crippen LogP contribution is -2.50. The third-order valence-corrected chi connectivity index (χ3v) is 7.19. The van der Waals surface area contributed by atoms with E-state index in [4.69, 9.17) is 0 Å². The van der Waals surface area contributed by atoms with Gasteiger partial charge in [-0.3, -0.25) is 4.79 Å². The zero-order valence-corrected chi connectivity index (χ0v) is 18.1. The summed E-state index contributed by atoms with van der Waals surface area (Å²) in [7, 11) is 2.21. The Labute approximate surface area is 175 Å².